The first-order valence-electron chi connectivity index (χ1n) is 11.3. The molecule has 1 aromatic heterocycles. The van der Waals surface area contributed by atoms with Crippen LogP contribution in [0.1, 0.15) is 25.1 Å². The number of alkyl halides is 3. The van der Waals surface area contributed by atoms with Crippen LogP contribution in [0.15, 0.2) is 24.3 Å². The highest BCUT2D eigenvalue weighted by Gasteiger charge is 2.30. The molecule has 1 fully saturated rings. The number of rotatable bonds is 4. The summed E-state index contributed by atoms with van der Waals surface area (Å²) in [7, 11) is 0. The van der Waals surface area contributed by atoms with Crippen LogP contribution in [0.25, 0.3) is 11.4 Å². The van der Waals surface area contributed by atoms with Crippen molar-refractivity contribution in [3.63, 3.8) is 0 Å². The number of hydrogen-bond acceptors (Lipinski definition) is 6. The number of benzene rings is 1. The molecule has 2 N–H and O–H groups in total. The van der Waals surface area contributed by atoms with Crippen LogP contribution in [0.2, 0.25) is 0 Å². The van der Waals surface area contributed by atoms with E-state index in [2.05, 4.69) is 17.1 Å². The summed E-state index contributed by atoms with van der Waals surface area (Å²) in [5, 5.41) is 4.14. The summed E-state index contributed by atoms with van der Waals surface area (Å²) in [6.07, 6.45) is -3.83. The average Bonchev–Trinajstić information content (AvgIpc) is 2.82. The zero-order chi connectivity index (χ0) is 25.2. The molecule has 1 unspecified atom stereocenters. The number of nitrogens with zero attached hydrogens (tertiary/aromatic N) is 4. The second-order valence-electron chi connectivity index (χ2n) is 8.60. The lowest BCUT2D eigenvalue weighted by molar-refractivity contribution is -0.129. The zero-order valence-corrected chi connectivity index (χ0v) is 19.5. The molecule has 1 saturated heterocycles. The Morgan fingerprint density at radius 2 is 1.91 bits per heavy atom. The van der Waals surface area contributed by atoms with Crippen LogP contribution in [0, 0.1) is 0 Å². The van der Waals surface area contributed by atoms with Gasteiger partial charge in [-0.3, -0.25) is 4.79 Å². The van der Waals surface area contributed by atoms with E-state index in [0.29, 0.717) is 56.3 Å². The summed E-state index contributed by atoms with van der Waals surface area (Å²) in [5.41, 5.74) is 2.82. The van der Waals surface area contributed by atoms with Crippen LogP contribution in [0.4, 0.5) is 29.5 Å². The van der Waals surface area contributed by atoms with Gasteiger partial charge < -0.3 is 25.2 Å². The summed E-state index contributed by atoms with van der Waals surface area (Å²) < 4.78 is 42.4. The highest BCUT2D eigenvalue weighted by Crippen LogP contribution is 2.31. The molecule has 0 radical (unpaired) electrons. The van der Waals surface area contributed by atoms with Crippen LogP contribution in [0.5, 0.6) is 0 Å². The van der Waals surface area contributed by atoms with Gasteiger partial charge in [0.25, 0.3) is 0 Å². The van der Waals surface area contributed by atoms with E-state index in [1.165, 1.54) is 6.92 Å². The number of amides is 3. The van der Waals surface area contributed by atoms with Crippen molar-refractivity contribution >= 4 is 23.4 Å². The van der Waals surface area contributed by atoms with E-state index >= 15 is 0 Å². The molecule has 0 spiro atoms. The number of halogens is 3. The number of hydrogen-bond donors (Lipinski definition) is 2. The Morgan fingerprint density at radius 1 is 1.17 bits per heavy atom. The highest BCUT2D eigenvalue weighted by molar-refractivity contribution is 5.89. The van der Waals surface area contributed by atoms with Crippen molar-refractivity contribution in [1.29, 1.82) is 0 Å². The number of nitrogens with one attached hydrogen (secondary N) is 2. The number of ether oxygens (including phenoxy) is 1. The average molecular weight is 493 g/mol. The van der Waals surface area contributed by atoms with Gasteiger partial charge in [-0.1, -0.05) is 0 Å². The van der Waals surface area contributed by atoms with E-state index in [9.17, 15) is 22.8 Å². The second kappa shape index (κ2) is 10.1. The molecule has 9 nitrogen and oxygen atoms in total. The zero-order valence-electron chi connectivity index (χ0n) is 19.5. The van der Waals surface area contributed by atoms with Crippen LogP contribution < -0.4 is 15.5 Å². The summed E-state index contributed by atoms with van der Waals surface area (Å²) in [4.78, 5) is 37.3. The van der Waals surface area contributed by atoms with Crippen LogP contribution in [-0.4, -0.2) is 71.9 Å². The van der Waals surface area contributed by atoms with Gasteiger partial charge >= 0.3 is 12.2 Å². The monoisotopic (exact) mass is 492 g/mol. The third kappa shape index (κ3) is 5.99. The number of anilines is 2. The lowest BCUT2D eigenvalue weighted by atomic mass is 10.0. The van der Waals surface area contributed by atoms with Crippen LogP contribution in [-0.2, 0) is 22.5 Å². The van der Waals surface area contributed by atoms with Gasteiger partial charge in [0, 0.05) is 36.8 Å². The van der Waals surface area contributed by atoms with Crippen molar-refractivity contribution in [3.05, 3.63) is 35.5 Å². The lowest BCUT2D eigenvalue weighted by Gasteiger charge is -2.37. The molecular formula is C23H27F3N6O3. The van der Waals surface area contributed by atoms with Crippen molar-refractivity contribution in [2.24, 2.45) is 0 Å². The fourth-order valence-corrected chi connectivity index (χ4v) is 4.15. The first kappa shape index (κ1) is 24.7. The van der Waals surface area contributed by atoms with Crippen molar-refractivity contribution < 1.29 is 27.5 Å². The van der Waals surface area contributed by atoms with Crippen LogP contribution in [0.3, 0.4) is 0 Å². The molecule has 1 atom stereocenters. The molecule has 2 aromatic rings. The van der Waals surface area contributed by atoms with E-state index in [4.69, 9.17) is 14.7 Å². The van der Waals surface area contributed by atoms with Gasteiger partial charge in [-0.25, -0.2) is 14.8 Å². The predicted octanol–water partition coefficient (Wildman–Crippen LogP) is 2.96. The molecule has 35 heavy (non-hydrogen) atoms. The van der Waals surface area contributed by atoms with Gasteiger partial charge in [0.15, 0.2) is 5.82 Å². The smallest absolute Gasteiger partial charge is 0.377 e. The van der Waals surface area contributed by atoms with Gasteiger partial charge in [0.1, 0.15) is 12.4 Å². The van der Waals surface area contributed by atoms with Gasteiger partial charge in [-0.2, -0.15) is 13.2 Å². The number of fused-ring (bicyclic) bond motifs is 1. The molecule has 0 aliphatic carbocycles. The molecule has 188 valence electrons. The largest absolute Gasteiger partial charge is 0.405 e. The number of morpholine rings is 1. The minimum Gasteiger partial charge on any atom is -0.377 e. The Kier molecular flexibility index (Phi) is 7.10. The number of aromatic nitrogens is 2. The normalized spacial score (nSPS) is 18.1. The van der Waals surface area contributed by atoms with Crippen molar-refractivity contribution in [1.82, 2.24) is 20.2 Å². The number of urea groups is 1. The van der Waals surface area contributed by atoms with Gasteiger partial charge in [-0.15, -0.1) is 0 Å². The fraction of sp³-hybridized carbons (Fsp3) is 0.478. The molecule has 3 heterocycles. The lowest BCUT2D eigenvalue weighted by Crippen LogP contribution is -2.45. The molecule has 3 amide bonds. The standard InChI is InChI=1S/C23H27F3N6O3/c1-14-12-35-10-9-32(14)21-18-7-8-31(15(2)33)11-19(18)29-20(30-21)16-3-5-17(6-4-16)28-22(34)27-13-23(24,25)26/h3-6,14H,7-13H2,1-2H3,(H2,27,28,34). The maximum Gasteiger partial charge on any atom is 0.405 e. The van der Waals surface area contributed by atoms with Crippen LogP contribution >= 0.6 is 0 Å². The molecule has 4 rings (SSSR count). The van der Waals surface area contributed by atoms with Gasteiger partial charge in [0.2, 0.25) is 5.91 Å². The second-order valence-corrected chi connectivity index (χ2v) is 8.60. The Labute approximate surface area is 200 Å². The molecule has 0 bridgehead atoms. The minimum atomic E-state index is -4.49. The summed E-state index contributed by atoms with van der Waals surface area (Å²) >= 11 is 0. The van der Waals surface area contributed by atoms with E-state index < -0.39 is 18.8 Å². The van der Waals surface area contributed by atoms with Gasteiger partial charge in [0.05, 0.1) is 31.5 Å². The maximum absolute atomic E-state index is 12.3. The van der Waals surface area contributed by atoms with E-state index in [1.54, 1.807) is 34.5 Å². The number of carbonyl (C=O) groups excluding carboxylic acids is 2. The number of carbonyl (C=O) groups is 2. The Hall–Kier alpha value is -3.41. The highest BCUT2D eigenvalue weighted by atomic mass is 19.4. The molecule has 1 aromatic carbocycles. The molecule has 2 aliphatic rings. The van der Waals surface area contributed by atoms with E-state index in [-0.39, 0.29) is 11.9 Å². The van der Waals surface area contributed by atoms with Crippen molar-refractivity contribution in [2.75, 3.05) is 43.1 Å². The summed E-state index contributed by atoms with van der Waals surface area (Å²) in [6.45, 7) is 5.06. The topological polar surface area (TPSA) is 99.7 Å². The third-order valence-corrected chi connectivity index (χ3v) is 5.98. The first-order chi connectivity index (χ1) is 16.6. The van der Waals surface area contributed by atoms with Crippen molar-refractivity contribution in [3.8, 4) is 11.4 Å². The minimum absolute atomic E-state index is 0.0173. The Morgan fingerprint density at radius 3 is 2.57 bits per heavy atom. The van der Waals surface area contributed by atoms with Crippen molar-refractivity contribution in [2.45, 2.75) is 39.0 Å². The summed E-state index contributed by atoms with van der Waals surface area (Å²) in [6, 6.07) is 5.71. The molecular weight excluding hydrogens is 465 g/mol. The summed E-state index contributed by atoms with van der Waals surface area (Å²) in [5.74, 6) is 1.28. The quantitative estimate of drug-likeness (QED) is 0.681. The Balaban J connectivity index is 1.60. The third-order valence-electron chi connectivity index (χ3n) is 5.98. The molecule has 0 saturated carbocycles. The van der Waals surface area contributed by atoms with E-state index in [1.807, 2.05) is 0 Å². The first-order valence-corrected chi connectivity index (χ1v) is 11.3. The Bertz CT molecular complexity index is 1090. The maximum atomic E-state index is 12.3. The molecule has 12 heteroatoms. The molecule has 2 aliphatic heterocycles. The predicted molar refractivity (Wildman–Crippen MR) is 123 cm³/mol. The van der Waals surface area contributed by atoms with Gasteiger partial charge in [-0.05, 0) is 37.6 Å². The fourth-order valence-electron chi connectivity index (χ4n) is 4.15. The SMILES string of the molecule is CC(=O)N1CCc2c(nc(-c3ccc(NC(=O)NCC(F)(F)F)cc3)nc2N2CCOCC2C)C1. The van der Waals surface area contributed by atoms with E-state index in [0.717, 1.165) is 17.1 Å².